The lowest BCUT2D eigenvalue weighted by molar-refractivity contribution is -0.183. The molecule has 0 aliphatic heterocycles. The Morgan fingerprint density at radius 3 is 2.42 bits per heavy atom. The van der Waals surface area contributed by atoms with Crippen molar-refractivity contribution < 1.29 is 42.8 Å². The maximum Gasteiger partial charge on any atom is 0.511 e. The van der Waals surface area contributed by atoms with Crippen LogP contribution < -0.4 is 5.73 Å². The van der Waals surface area contributed by atoms with Crippen LogP contribution in [0.4, 0.5) is 9.18 Å². The minimum Gasteiger partial charge on any atom is -0.481 e. The van der Waals surface area contributed by atoms with E-state index in [0.717, 1.165) is 19.3 Å². The molecular weight excluding hydrogens is 497 g/mol. The molecule has 3 aliphatic carbocycles. The molecule has 9 atom stereocenters. The molecule has 3 fully saturated rings. The van der Waals surface area contributed by atoms with Gasteiger partial charge in [0, 0.05) is 12.8 Å². The molecule has 1 aromatic rings. The van der Waals surface area contributed by atoms with E-state index in [1.807, 2.05) is 0 Å². The maximum absolute atomic E-state index is 13.3. The molecule has 3 aliphatic rings. The van der Waals surface area contributed by atoms with Crippen LogP contribution in [0, 0.1) is 41.3 Å². The first-order valence-electron chi connectivity index (χ1n) is 13.4. The van der Waals surface area contributed by atoms with Crippen molar-refractivity contribution in [2.45, 2.75) is 84.0 Å². The van der Waals surface area contributed by atoms with Crippen molar-refractivity contribution in [1.82, 2.24) is 0 Å². The van der Waals surface area contributed by atoms with E-state index >= 15 is 0 Å². The Hall–Kier alpha value is -2.72. The van der Waals surface area contributed by atoms with Crippen LogP contribution in [0.15, 0.2) is 24.3 Å². The lowest BCUT2D eigenvalue weighted by Gasteiger charge is -2.36. The number of carbonyl (C=O) groups is 3. The molecule has 1 aromatic carbocycles. The largest absolute Gasteiger partial charge is 0.511 e. The average molecular weight is 536 g/mol. The normalized spacial score (nSPS) is 34.8. The number of aliphatic carboxylic acids is 1. The molecule has 0 saturated heterocycles. The molecule has 38 heavy (non-hydrogen) atoms. The van der Waals surface area contributed by atoms with Gasteiger partial charge in [0.2, 0.25) is 6.29 Å². The van der Waals surface area contributed by atoms with E-state index in [-0.39, 0.29) is 36.8 Å². The predicted molar refractivity (Wildman–Crippen MR) is 133 cm³/mol. The minimum atomic E-state index is -1.74. The summed E-state index contributed by atoms with van der Waals surface area (Å²) in [5.41, 5.74) is 5.48. The molecule has 0 radical (unpaired) electrons. The number of benzene rings is 1. The molecule has 0 spiro atoms. The second-order valence-corrected chi connectivity index (χ2v) is 11.5. The number of esters is 1. The van der Waals surface area contributed by atoms with Crippen molar-refractivity contribution in [2.24, 2.45) is 41.2 Å². The van der Waals surface area contributed by atoms with Gasteiger partial charge in [0.25, 0.3) is 0 Å². The Morgan fingerprint density at radius 2 is 1.79 bits per heavy atom. The Bertz CT molecular complexity index is 1030. The van der Waals surface area contributed by atoms with Crippen LogP contribution in [0.5, 0.6) is 0 Å². The molecule has 3 N–H and O–H groups in total. The number of halogens is 1. The van der Waals surface area contributed by atoms with Gasteiger partial charge in [0.1, 0.15) is 17.5 Å². The number of hydrogen-bond donors (Lipinski definition) is 2. The van der Waals surface area contributed by atoms with Crippen molar-refractivity contribution in [1.29, 1.82) is 0 Å². The lowest BCUT2D eigenvalue weighted by atomic mass is 9.75. The summed E-state index contributed by atoms with van der Waals surface area (Å²) in [7, 11) is 0. The highest BCUT2D eigenvalue weighted by atomic mass is 19.1. The van der Waals surface area contributed by atoms with Crippen molar-refractivity contribution >= 4 is 18.1 Å². The van der Waals surface area contributed by atoms with Crippen LogP contribution in [0.2, 0.25) is 0 Å². The number of carboxylic acids is 1. The smallest absolute Gasteiger partial charge is 0.481 e. The number of rotatable bonds is 9. The topological polar surface area (TPSA) is 134 Å². The van der Waals surface area contributed by atoms with Gasteiger partial charge < -0.3 is 29.8 Å². The second-order valence-electron chi connectivity index (χ2n) is 11.5. The predicted octanol–water partition coefficient (Wildman–Crippen LogP) is 4.26. The molecule has 10 heteroatoms. The number of fused-ring (bicyclic) bond motifs is 1. The van der Waals surface area contributed by atoms with Gasteiger partial charge in [0.15, 0.2) is 0 Å². The average Bonchev–Trinajstić information content (AvgIpc) is 3.49. The standard InChI is InChI=1S/C28H38FNO8/c1-14(2)19-10-5-15(3)11-21(19)38-27(34)37-16(4)36-26(33)28(30)22(12-20-23(24(20)28)25(31)32)35-13-17-6-8-18(29)9-7-17/h6-9,14-16,19-24H,5,10-13,30H2,1-4H3,(H,31,32)/t15-,16-,19+,20+,21-,22-,23+,24+,28+/m1/s1. The zero-order valence-electron chi connectivity index (χ0n) is 22.3. The third kappa shape index (κ3) is 5.81. The molecule has 0 bridgehead atoms. The zero-order chi connectivity index (χ0) is 27.8. The summed E-state index contributed by atoms with van der Waals surface area (Å²) in [4.78, 5) is 37.5. The number of carbonyl (C=O) groups excluding carboxylic acids is 2. The molecule has 0 heterocycles. The third-order valence-electron chi connectivity index (χ3n) is 8.49. The Balaban J connectivity index is 1.38. The van der Waals surface area contributed by atoms with E-state index in [1.54, 1.807) is 12.1 Å². The van der Waals surface area contributed by atoms with Crippen LogP contribution in [-0.4, -0.2) is 47.2 Å². The first kappa shape index (κ1) is 28.3. The fourth-order valence-corrected chi connectivity index (χ4v) is 6.38. The van der Waals surface area contributed by atoms with Gasteiger partial charge in [-0.05, 0) is 60.6 Å². The quantitative estimate of drug-likeness (QED) is 0.351. The van der Waals surface area contributed by atoms with Gasteiger partial charge in [0.05, 0.1) is 18.6 Å². The highest BCUT2D eigenvalue weighted by Gasteiger charge is 2.75. The molecule has 0 amide bonds. The van der Waals surface area contributed by atoms with Crippen molar-refractivity contribution in [3.63, 3.8) is 0 Å². The van der Waals surface area contributed by atoms with Gasteiger partial charge in [-0.15, -0.1) is 0 Å². The molecular formula is C28H38FNO8. The van der Waals surface area contributed by atoms with E-state index in [0.29, 0.717) is 17.4 Å². The first-order valence-corrected chi connectivity index (χ1v) is 13.4. The van der Waals surface area contributed by atoms with Crippen LogP contribution in [-0.2, 0) is 35.1 Å². The van der Waals surface area contributed by atoms with E-state index in [4.69, 9.17) is 24.7 Å². The van der Waals surface area contributed by atoms with Crippen molar-refractivity contribution in [2.75, 3.05) is 0 Å². The van der Waals surface area contributed by atoms with Gasteiger partial charge in [-0.2, -0.15) is 0 Å². The Labute approximate surface area is 222 Å². The summed E-state index contributed by atoms with van der Waals surface area (Å²) >= 11 is 0. The summed E-state index contributed by atoms with van der Waals surface area (Å²) in [5.74, 6) is -3.10. The monoisotopic (exact) mass is 535 g/mol. The maximum atomic E-state index is 13.3. The second kappa shape index (κ2) is 11.2. The molecule has 0 unspecified atom stereocenters. The molecule has 4 rings (SSSR count). The molecule has 9 nitrogen and oxygen atoms in total. The fraction of sp³-hybridized carbons (Fsp3) is 0.679. The Morgan fingerprint density at radius 1 is 1.11 bits per heavy atom. The summed E-state index contributed by atoms with van der Waals surface area (Å²) in [6.45, 7) is 7.76. The van der Waals surface area contributed by atoms with Crippen LogP contribution in [0.3, 0.4) is 0 Å². The number of hydrogen-bond acceptors (Lipinski definition) is 8. The highest BCUT2D eigenvalue weighted by molar-refractivity contribution is 5.87. The fourth-order valence-electron chi connectivity index (χ4n) is 6.38. The van der Waals surface area contributed by atoms with Gasteiger partial charge in [-0.1, -0.05) is 39.3 Å². The van der Waals surface area contributed by atoms with Gasteiger partial charge in [-0.3, -0.25) is 4.79 Å². The number of nitrogens with two attached hydrogens (primary N) is 1. The third-order valence-corrected chi connectivity index (χ3v) is 8.49. The van der Waals surface area contributed by atoms with Gasteiger partial charge in [-0.25, -0.2) is 14.0 Å². The minimum absolute atomic E-state index is 0.0591. The van der Waals surface area contributed by atoms with Crippen LogP contribution in [0.1, 0.15) is 58.9 Å². The van der Waals surface area contributed by atoms with E-state index in [1.165, 1.54) is 19.1 Å². The van der Waals surface area contributed by atoms with E-state index < -0.39 is 47.9 Å². The molecule has 0 aromatic heterocycles. The number of carboxylic acid groups (broad SMARTS) is 1. The Kier molecular flexibility index (Phi) is 8.32. The van der Waals surface area contributed by atoms with Crippen LogP contribution in [0.25, 0.3) is 0 Å². The molecule has 210 valence electrons. The zero-order valence-corrected chi connectivity index (χ0v) is 22.3. The van der Waals surface area contributed by atoms with Crippen molar-refractivity contribution in [3.05, 3.63) is 35.6 Å². The molecule has 3 saturated carbocycles. The SMILES string of the molecule is CC(C)[C@@H]1CC[C@@H](C)C[C@H]1OC(=O)O[C@H](C)OC(=O)[C@@]1(N)[C@H]2[C@@H](C[C@H]1OCc1ccc(F)cc1)[C@@H]2C(=O)O. The van der Waals surface area contributed by atoms with Crippen molar-refractivity contribution in [3.8, 4) is 0 Å². The first-order chi connectivity index (χ1) is 17.9. The summed E-state index contributed by atoms with van der Waals surface area (Å²) in [6.07, 6.45) is -0.278. The highest BCUT2D eigenvalue weighted by Crippen LogP contribution is 2.62. The van der Waals surface area contributed by atoms with E-state index in [2.05, 4.69) is 20.8 Å². The summed E-state index contributed by atoms with van der Waals surface area (Å²) in [6, 6.07) is 5.70. The summed E-state index contributed by atoms with van der Waals surface area (Å²) in [5, 5.41) is 9.56. The lowest BCUT2D eigenvalue weighted by Crippen LogP contribution is -2.60. The van der Waals surface area contributed by atoms with E-state index in [9.17, 15) is 23.9 Å². The van der Waals surface area contributed by atoms with Crippen LogP contribution >= 0.6 is 0 Å². The number of ether oxygens (including phenoxy) is 4. The summed E-state index contributed by atoms with van der Waals surface area (Å²) < 4.78 is 35.4. The van der Waals surface area contributed by atoms with Gasteiger partial charge >= 0.3 is 18.1 Å².